The zero-order chi connectivity index (χ0) is 32.3. The Morgan fingerprint density at radius 2 is 0.898 bits per heavy atom. The Balaban J connectivity index is 1.24. The summed E-state index contributed by atoms with van der Waals surface area (Å²) in [5, 5.41) is 9.49. The zero-order valence-electron chi connectivity index (χ0n) is 26.5. The van der Waals surface area contributed by atoms with Gasteiger partial charge in [-0.15, -0.1) is 0 Å². The Labute approximate surface area is 282 Å². The van der Waals surface area contributed by atoms with Crippen LogP contribution < -0.4 is 0 Å². The lowest BCUT2D eigenvalue weighted by molar-refractivity contribution is 1.08. The quantitative estimate of drug-likeness (QED) is 0.196. The maximum absolute atomic E-state index is 5.20. The number of fused-ring (bicyclic) bond motifs is 7. The minimum Gasteiger partial charge on any atom is -0.309 e. The number of para-hydroxylation sites is 1. The largest absolute Gasteiger partial charge is 0.309 e. The third-order valence-corrected chi connectivity index (χ3v) is 9.64. The Bertz CT molecular complexity index is 2880. The Kier molecular flexibility index (Phi) is 6.15. The molecule has 10 aromatic rings. The normalized spacial score (nSPS) is 11.7. The van der Waals surface area contributed by atoms with Crippen LogP contribution in [0.25, 0.3) is 94.0 Å². The molecule has 2 heterocycles. The van der Waals surface area contributed by atoms with Gasteiger partial charge in [0.2, 0.25) is 0 Å². The number of hydrogen-bond donors (Lipinski definition) is 0. The molecule has 0 aliphatic heterocycles. The molecule has 10 rings (SSSR count). The van der Waals surface area contributed by atoms with Gasteiger partial charge < -0.3 is 4.57 Å². The summed E-state index contributed by atoms with van der Waals surface area (Å²) >= 11 is 0. The van der Waals surface area contributed by atoms with Crippen LogP contribution in [0, 0.1) is 0 Å². The van der Waals surface area contributed by atoms with Gasteiger partial charge in [0.1, 0.15) is 0 Å². The lowest BCUT2D eigenvalue weighted by Gasteiger charge is -2.15. The van der Waals surface area contributed by atoms with Crippen molar-refractivity contribution in [3.63, 3.8) is 0 Å². The molecule has 0 saturated carbocycles. The minimum absolute atomic E-state index is 0.646. The Morgan fingerprint density at radius 3 is 1.69 bits per heavy atom. The summed E-state index contributed by atoms with van der Waals surface area (Å²) in [5.74, 6) is 1.95. The van der Waals surface area contributed by atoms with Crippen LogP contribution in [0.5, 0.6) is 0 Å². The first-order valence-electron chi connectivity index (χ1n) is 16.5. The van der Waals surface area contributed by atoms with E-state index in [1.54, 1.807) is 0 Å². The summed E-state index contributed by atoms with van der Waals surface area (Å²) in [6.45, 7) is 0. The predicted molar refractivity (Wildman–Crippen MR) is 203 cm³/mol. The number of nitrogens with zero attached hydrogens (tertiary/aromatic N) is 4. The van der Waals surface area contributed by atoms with Gasteiger partial charge >= 0.3 is 0 Å². The van der Waals surface area contributed by atoms with Crippen LogP contribution in [0.2, 0.25) is 0 Å². The summed E-state index contributed by atoms with van der Waals surface area (Å²) in [6.07, 6.45) is 0. The smallest absolute Gasteiger partial charge is 0.164 e. The summed E-state index contributed by atoms with van der Waals surface area (Å²) in [6, 6.07) is 59.7. The minimum atomic E-state index is 0.646. The molecule has 0 radical (unpaired) electrons. The topological polar surface area (TPSA) is 43.6 Å². The monoisotopic (exact) mass is 624 g/mol. The number of benzene rings is 8. The van der Waals surface area contributed by atoms with E-state index in [1.165, 1.54) is 32.6 Å². The SMILES string of the molecule is c1ccc(-c2nc(-c3cccc4ccccc34)nc(-c3ccc(-n4c5ccccc5c5c6ccccc6ccc54)c4ccccc34)n2)cc1. The van der Waals surface area contributed by atoms with Gasteiger partial charge in [-0.2, -0.15) is 0 Å². The van der Waals surface area contributed by atoms with Crippen LogP contribution in [0.4, 0.5) is 0 Å². The summed E-state index contributed by atoms with van der Waals surface area (Å²) in [5.41, 5.74) is 6.38. The van der Waals surface area contributed by atoms with E-state index < -0.39 is 0 Å². The fourth-order valence-electron chi connectivity index (χ4n) is 7.43. The highest BCUT2D eigenvalue weighted by atomic mass is 15.0. The lowest BCUT2D eigenvalue weighted by Crippen LogP contribution is -2.02. The molecule has 0 fully saturated rings. The van der Waals surface area contributed by atoms with Crippen LogP contribution in [-0.2, 0) is 0 Å². The molecule has 228 valence electrons. The first-order valence-corrected chi connectivity index (χ1v) is 16.5. The molecule has 49 heavy (non-hydrogen) atoms. The van der Waals surface area contributed by atoms with Crippen molar-refractivity contribution in [2.24, 2.45) is 0 Å². The van der Waals surface area contributed by atoms with E-state index in [2.05, 4.69) is 156 Å². The number of hydrogen-bond acceptors (Lipinski definition) is 3. The second-order valence-electron chi connectivity index (χ2n) is 12.4. The molecule has 0 amide bonds. The van der Waals surface area contributed by atoms with E-state index in [0.29, 0.717) is 17.5 Å². The van der Waals surface area contributed by atoms with E-state index in [9.17, 15) is 0 Å². The molecule has 4 nitrogen and oxygen atoms in total. The second-order valence-corrected chi connectivity index (χ2v) is 12.4. The molecule has 0 aliphatic rings. The van der Waals surface area contributed by atoms with Gasteiger partial charge in [0.15, 0.2) is 17.5 Å². The van der Waals surface area contributed by atoms with Crippen LogP contribution in [0.15, 0.2) is 170 Å². The summed E-state index contributed by atoms with van der Waals surface area (Å²) in [4.78, 5) is 15.4. The van der Waals surface area contributed by atoms with Crippen molar-refractivity contribution in [2.75, 3.05) is 0 Å². The fraction of sp³-hybridized carbons (Fsp3) is 0. The maximum atomic E-state index is 5.20. The van der Waals surface area contributed by atoms with Crippen LogP contribution in [-0.4, -0.2) is 19.5 Å². The highest BCUT2D eigenvalue weighted by Gasteiger charge is 2.20. The van der Waals surface area contributed by atoms with Crippen molar-refractivity contribution in [1.82, 2.24) is 19.5 Å². The zero-order valence-corrected chi connectivity index (χ0v) is 26.5. The molecule has 0 atom stereocenters. The molecule has 2 aromatic heterocycles. The molecule has 0 saturated heterocycles. The molecule has 0 spiro atoms. The molecule has 8 aromatic carbocycles. The van der Waals surface area contributed by atoms with Crippen molar-refractivity contribution in [1.29, 1.82) is 0 Å². The lowest BCUT2D eigenvalue weighted by atomic mass is 10.0. The number of aromatic nitrogens is 4. The van der Waals surface area contributed by atoms with Crippen molar-refractivity contribution < 1.29 is 0 Å². The van der Waals surface area contributed by atoms with Gasteiger partial charge in [-0.3, -0.25) is 0 Å². The predicted octanol–water partition coefficient (Wildman–Crippen LogP) is 11.4. The van der Waals surface area contributed by atoms with Gasteiger partial charge in [-0.05, 0) is 51.2 Å². The standard InChI is InChI=1S/C45H28N4/c1-2-15-31(16-3-1)43-46-44(36-23-12-17-29-13-4-6-18-32(29)36)48-45(47-43)37-26-28-40(35-21-9-8-20-34(35)37)49-39-24-11-10-22-38(39)42-33-19-7-5-14-30(33)25-27-41(42)49/h1-28H. The summed E-state index contributed by atoms with van der Waals surface area (Å²) in [7, 11) is 0. The molecule has 0 unspecified atom stereocenters. The average Bonchev–Trinajstić information content (AvgIpc) is 3.52. The van der Waals surface area contributed by atoms with Crippen molar-refractivity contribution in [3.8, 4) is 39.9 Å². The molecule has 0 N–H and O–H groups in total. The van der Waals surface area contributed by atoms with Crippen LogP contribution in [0.3, 0.4) is 0 Å². The highest BCUT2D eigenvalue weighted by molar-refractivity contribution is 6.22. The first-order chi connectivity index (χ1) is 24.3. The van der Waals surface area contributed by atoms with Crippen molar-refractivity contribution >= 4 is 54.1 Å². The van der Waals surface area contributed by atoms with E-state index in [1.807, 2.05) is 18.2 Å². The van der Waals surface area contributed by atoms with Gasteiger partial charge in [0.25, 0.3) is 0 Å². The van der Waals surface area contributed by atoms with E-state index in [4.69, 9.17) is 15.0 Å². The molecule has 0 aliphatic carbocycles. The third kappa shape index (κ3) is 4.35. The van der Waals surface area contributed by atoms with Gasteiger partial charge in [-0.1, -0.05) is 146 Å². The molecular formula is C45H28N4. The van der Waals surface area contributed by atoms with E-state index in [0.717, 1.165) is 43.9 Å². The molecular weight excluding hydrogens is 597 g/mol. The Hall–Kier alpha value is -6.65. The first kappa shape index (κ1) is 27.5. The van der Waals surface area contributed by atoms with E-state index in [-0.39, 0.29) is 0 Å². The average molecular weight is 625 g/mol. The fourth-order valence-corrected chi connectivity index (χ4v) is 7.43. The van der Waals surface area contributed by atoms with Crippen molar-refractivity contribution in [2.45, 2.75) is 0 Å². The van der Waals surface area contributed by atoms with Crippen molar-refractivity contribution in [3.05, 3.63) is 170 Å². The number of rotatable bonds is 4. The second kappa shape index (κ2) is 11.0. The van der Waals surface area contributed by atoms with E-state index >= 15 is 0 Å². The van der Waals surface area contributed by atoms with Crippen LogP contribution in [0.1, 0.15) is 0 Å². The highest BCUT2D eigenvalue weighted by Crippen LogP contribution is 2.40. The maximum Gasteiger partial charge on any atom is 0.164 e. The summed E-state index contributed by atoms with van der Waals surface area (Å²) < 4.78 is 2.41. The van der Waals surface area contributed by atoms with Gasteiger partial charge in [0.05, 0.1) is 16.7 Å². The van der Waals surface area contributed by atoms with Gasteiger partial charge in [0, 0.05) is 32.8 Å². The third-order valence-electron chi connectivity index (χ3n) is 9.64. The molecule has 4 heteroatoms. The van der Waals surface area contributed by atoms with Gasteiger partial charge in [-0.25, -0.2) is 15.0 Å². The Morgan fingerprint density at radius 1 is 0.327 bits per heavy atom. The van der Waals surface area contributed by atoms with Crippen LogP contribution >= 0.6 is 0 Å². The molecule has 0 bridgehead atoms.